The van der Waals surface area contributed by atoms with E-state index in [4.69, 9.17) is 11.6 Å². The SMILES string of the molecule is Cc1cc(Cl)ccc1NC(=O)c1ccc(S(=O)(=O)N2CCCCC2C)cc1. The van der Waals surface area contributed by atoms with Gasteiger partial charge in [-0.05, 0) is 74.7 Å². The molecule has 1 N–H and O–H groups in total. The molecule has 1 amide bonds. The van der Waals surface area contributed by atoms with Crippen LogP contribution in [0.15, 0.2) is 47.4 Å². The van der Waals surface area contributed by atoms with Gasteiger partial charge in [0.25, 0.3) is 5.91 Å². The van der Waals surface area contributed by atoms with Crippen molar-refractivity contribution in [1.82, 2.24) is 4.31 Å². The molecule has 1 aliphatic rings. The number of hydrogen-bond donors (Lipinski definition) is 1. The minimum Gasteiger partial charge on any atom is -0.322 e. The second-order valence-electron chi connectivity index (χ2n) is 6.90. The number of amides is 1. The minimum absolute atomic E-state index is 0.000366. The molecule has 27 heavy (non-hydrogen) atoms. The zero-order chi connectivity index (χ0) is 19.6. The largest absolute Gasteiger partial charge is 0.322 e. The highest BCUT2D eigenvalue weighted by molar-refractivity contribution is 7.89. The van der Waals surface area contributed by atoms with Gasteiger partial charge in [0.1, 0.15) is 0 Å². The van der Waals surface area contributed by atoms with Crippen molar-refractivity contribution in [2.45, 2.75) is 44.0 Å². The van der Waals surface area contributed by atoms with Crippen LogP contribution in [-0.2, 0) is 10.0 Å². The predicted molar refractivity (Wildman–Crippen MR) is 108 cm³/mol. The maximum Gasteiger partial charge on any atom is 0.255 e. The van der Waals surface area contributed by atoms with Gasteiger partial charge in [0.2, 0.25) is 10.0 Å². The molecule has 7 heteroatoms. The summed E-state index contributed by atoms with van der Waals surface area (Å²) in [5.74, 6) is -0.296. The molecule has 1 unspecified atom stereocenters. The van der Waals surface area contributed by atoms with Crippen molar-refractivity contribution in [3.05, 3.63) is 58.6 Å². The lowest BCUT2D eigenvalue weighted by Crippen LogP contribution is -2.41. The van der Waals surface area contributed by atoms with E-state index in [0.29, 0.717) is 22.8 Å². The molecule has 0 spiro atoms. The van der Waals surface area contributed by atoms with Gasteiger partial charge in [-0.25, -0.2) is 8.42 Å². The van der Waals surface area contributed by atoms with E-state index < -0.39 is 10.0 Å². The van der Waals surface area contributed by atoms with Crippen LogP contribution >= 0.6 is 11.6 Å². The molecule has 0 saturated carbocycles. The predicted octanol–water partition coefficient (Wildman–Crippen LogP) is 4.46. The highest BCUT2D eigenvalue weighted by atomic mass is 35.5. The van der Waals surface area contributed by atoms with Crippen molar-refractivity contribution < 1.29 is 13.2 Å². The first kappa shape index (κ1) is 19.9. The molecule has 0 bridgehead atoms. The van der Waals surface area contributed by atoms with E-state index in [9.17, 15) is 13.2 Å². The first-order chi connectivity index (χ1) is 12.8. The van der Waals surface area contributed by atoms with Crippen LogP contribution in [0.3, 0.4) is 0 Å². The van der Waals surface area contributed by atoms with Gasteiger partial charge < -0.3 is 5.32 Å². The maximum atomic E-state index is 12.9. The number of carbonyl (C=O) groups is 1. The van der Waals surface area contributed by atoms with Crippen LogP contribution in [0.4, 0.5) is 5.69 Å². The Labute approximate surface area is 165 Å². The molecular formula is C20H23ClN2O3S. The number of benzene rings is 2. The smallest absolute Gasteiger partial charge is 0.255 e. The van der Waals surface area contributed by atoms with Crippen molar-refractivity contribution in [1.29, 1.82) is 0 Å². The summed E-state index contributed by atoms with van der Waals surface area (Å²) in [6.07, 6.45) is 2.81. The molecule has 2 aromatic rings. The topological polar surface area (TPSA) is 66.5 Å². The van der Waals surface area contributed by atoms with Crippen molar-refractivity contribution in [2.24, 2.45) is 0 Å². The number of nitrogens with one attached hydrogen (secondary N) is 1. The number of sulfonamides is 1. The summed E-state index contributed by atoms with van der Waals surface area (Å²) in [5.41, 5.74) is 1.92. The number of carbonyl (C=O) groups excluding carboxylic acids is 1. The summed E-state index contributed by atoms with van der Waals surface area (Å²) in [4.78, 5) is 12.7. The van der Waals surface area contributed by atoms with E-state index in [1.54, 1.807) is 34.6 Å². The van der Waals surface area contributed by atoms with Gasteiger partial charge in [0.15, 0.2) is 0 Å². The van der Waals surface area contributed by atoms with Gasteiger partial charge in [0, 0.05) is 28.9 Å². The van der Waals surface area contributed by atoms with Gasteiger partial charge in [-0.3, -0.25) is 4.79 Å². The average molecular weight is 407 g/mol. The molecule has 0 aromatic heterocycles. The third-order valence-corrected chi connectivity index (χ3v) is 7.16. The third-order valence-electron chi connectivity index (χ3n) is 4.90. The first-order valence-corrected chi connectivity index (χ1v) is 10.8. The number of aryl methyl sites for hydroxylation is 1. The van der Waals surface area contributed by atoms with E-state index in [2.05, 4.69) is 5.32 Å². The Morgan fingerprint density at radius 3 is 2.48 bits per heavy atom. The fourth-order valence-electron chi connectivity index (χ4n) is 3.30. The summed E-state index contributed by atoms with van der Waals surface area (Å²) in [6.45, 7) is 4.34. The molecule has 5 nitrogen and oxygen atoms in total. The number of nitrogens with zero attached hydrogens (tertiary/aromatic N) is 1. The number of piperidine rings is 1. The molecule has 3 rings (SSSR count). The molecule has 1 saturated heterocycles. The fourth-order valence-corrected chi connectivity index (χ4v) is 5.23. The Kier molecular flexibility index (Phi) is 5.89. The Morgan fingerprint density at radius 2 is 1.85 bits per heavy atom. The zero-order valence-corrected chi connectivity index (χ0v) is 17.0. The standard InChI is InChI=1S/C20H23ClN2O3S/c1-14-13-17(21)8-11-19(14)22-20(24)16-6-9-18(10-7-16)27(25,26)23-12-4-3-5-15(23)2/h6-11,13,15H,3-5,12H2,1-2H3,(H,22,24). The van der Waals surface area contributed by atoms with E-state index in [1.807, 2.05) is 13.8 Å². The summed E-state index contributed by atoms with van der Waals surface area (Å²) in [5, 5.41) is 3.43. The first-order valence-electron chi connectivity index (χ1n) is 8.98. The van der Waals surface area contributed by atoms with Gasteiger partial charge >= 0.3 is 0 Å². The minimum atomic E-state index is -3.54. The number of hydrogen-bond acceptors (Lipinski definition) is 3. The molecule has 1 heterocycles. The Balaban J connectivity index is 1.77. The van der Waals surface area contributed by atoms with Gasteiger partial charge in [-0.1, -0.05) is 18.0 Å². The van der Waals surface area contributed by atoms with Gasteiger partial charge in [-0.15, -0.1) is 0 Å². The highest BCUT2D eigenvalue weighted by Crippen LogP contribution is 2.25. The van der Waals surface area contributed by atoms with E-state index >= 15 is 0 Å². The lowest BCUT2D eigenvalue weighted by atomic mass is 10.1. The zero-order valence-electron chi connectivity index (χ0n) is 15.4. The van der Waals surface area contributed by atoms with Gasteiger partial charge in [-0.2, -0.15) is 4.31 Å². The molecule has 1 fully saturated rings. The molecule has 1 atom stereocenters. The molecule has 144 valence electrons. The Morgan fingerprint density at radius 1 is 1.15 bits per heavy atom. The van der Waals surface area contributed by atoms with Crippen molar-refractivity contribution >= 4 is 33.2 Å². The van der Waals surface area contributed by atoms with Crippen LogP contribution in [0, 0.1) is 6.92 Å². The maximum absolute atomic E-state index is 12.9. The summed E-state index contributed by atoms with van der Waals surface area (Å²) in [6, 6.07) is 11.3. The third kappa shape index (κ3) is 4.34. The van der Waals surface area contributed by atoms with Crippen molar-refractivity contribution in [2.75, 3.05) is 11.9 Å². The van der Waals surface area contributed by atoms with E-state index in [0.717, 1.165) is 24.8 Å². The average Bonchev–Trinajstić information content (AvgIpc) is 2.64. The number of rotatable bonds is 4. The molecule has 0 radical (unpaired) electrons. The summed E-state index contributed by atoms with van der Waals surface area (Å²) >= 11 is 5.93. The van der Waals surface area contributed by atoms with Crippen LogP contribution in [0.25, 0.3) is 0 Å². The van der Waals surface area contributed by atoms with E-state index in [1.165, 1.54) is 12.1 Å². The Bertz CT molecular complexity index is 942. The van der Waals surface area contributed by atoms with Crippen molar-refractivity contribution in [3.8, 4) is 0 Å². The monoisotopic (exact) mass is 406 g/mol. The summed E-state index contributed by atoms with van der Waals surface area (Å²) in [7, 11) is -3.54. The normalized spacial score (nSPS) is 18.3. The molecule has 0 aliphatic carbocycles. The second kappa shape index (κ2) is 8.00. The summed E-state index contributed by atoms with van der Waals surface area (Å²) < 4.78 is 27.3. The number of anilines is 1. The Hall–Kier alpha value is -1.89. The quantitative estimate of drug-likeness (QED) is 0.814. The van der Waals surface area contributed by atoms with Crippen LogP contribution in [0.2, 0.25) is 5.02 Å². The highest BCUT2D eigenvalue weighted by Gasteiger charge is 2.30. The van der Waals surface area contributed by atoms with Crippen LogP contribution in [0.5, 0.6) is 0 Å². The fraction of sp³-hybridized carbons (Fsp3) is 0.350. The van der Waals surface area contributed by atoms with Crippen molar-refractivity contribution in [3.63, 3.8) is 0 Å². The molecule has 1 aliphatic heterocycles. The van der Waals surface area contributed by atoms with Crippen LogP contribution < -0.4 is 5.32 Å². The van der Waals surface area contributed by atoms with Crippen LogP contribution in [0.1, 0.15) is 42.1 Å². The van der Waals surface area contributed by atoms with E-state index in [-0.39, 0.29) is 16.8 Å². The van der Waals surface area contributed by atoms with Gasteiger partial charge in [0.05, 0.1) is 4.90 Å². The lowest BCUT2D eigenvalue weighted by molar-refractivity contribution is 0.102. The van der Waals surface area contributed by atoms with Crippen LogP contribution in [-0.4, -0.2) is 31.2 Å². The second-order valence-corrected chi connectivity index (χ2v) is 9.23. The molecule has 2 aromatic carbocycles. The molecular weight excluding hydrogens is 384 g/mol. The lowest BCUT2D eigenvalue weighted by Gasteiger charge is -2.32. The number of halogens is 1.